The van der Waals surface area contributed by atoms with Crippen LogP contribution in [0.1, 0.15) is 115 Å². The molecule has 2 rings (SSSR count). The number of fused-ring (bicyclic) bond motifs is 1. The maximum Gasteiger partial charge on any atom is 0.212 e. The van der Waals surface area contributed by atoms with Crippen molar-refractivity contribution in [1.29, 1.82) is 0 Å². The van der Waals surface area contributed by atoms with Crippen molar-refractivity contribution < 1.29 is 4.57 Å². The van der Waals surface area contributed by atoms with Crippen LogP contribution in [-0.4, -0.2) is 0 Å². The van der Waals surface area contributed by atoms with E-state index in [1.807, 2.05) is 0 Å². The first-order valence-corrected chi connectivity index (χ1v) is 12.7. The summed E-state index contributed by atoms with van der Waals surface area (Å²) in [7, 11) is 0. The van der Waals surface area contributed by atoms with Crippen molar-refractivity contribution in [2.24, 2.45) is 0 Å². The zero-order valence-electron chi connectivity index (χ0n) is 19.4. The summed E-state index contributed by atoms with van der Waals surface area (Å²) in [5.41, 5.74) is 2.76. The van der Waals surface area contributed by atoms with E-state index in [0.29, 0.717) is 0 Å². The van der Waals surface area contributed by atoms with Gasteiger partial charge in [-0.3, -0.25) is 0 Å². The third kappa shape index (κ3) is 9.79. The van der Waals surface area contributed by atoms with Gasteiger partial charge in [-0.1, -0.05) is 109 Å². The molecule has 0 spiro atoms. The van der Waals surface area contributed by atoms with Crippen LogP contribution < -0.4 is 4.57 Å². The van der Waals surface area contributed by atoms with Gasteiger partial charge in [-0.25, -0.2) is 0 Å². The van der Waals surface area contributed by atoms with Crippen LogP contribution in [0, 0.1) is 6.92 Å². The first-order chi connectivity index (χ1) is 14.3. The second-order valence-electron chi connectivity index (χ2n) is 9.01. The highest BCUT2D eigenvalue weighted by atomic mass is 14.9. The van der Waals surface area contributed by atoms with Crippen LogP contribution in [0.5, 0.6) is 0 Å². The average molecular weight is 397 g/mol. The van der Waals surface area contributed by atoms with Crippen LogP contribution in [0.25, 0.3) is 10.9 Å². The van der Waals surface area contributed by atoms with Crippen molar-refractivity contribution in [3.63, 3.8) is 0 Å². The highest BCUT2D eigenvalue weighted by Gasteiger charge is 2.09. The molecule has 0 unspecified atom stereocenters. The van der Waals surface area contributed by atoms with Crippen LogP contribution in [0.3, 0.4) is 0 Å². The highest BCUT2D eigenvalue weighted by molar-refractivity contribution is 5.78. The fourth-order valence-electron chi connectivity index (χ4n) is 4.45. The van der Waals surface area contributed by atoms with Crippen molar-refractivity contribution in [2.75, 3.05) is 0 Å². The number of hydrogen-bond acceptors (Lipinski definition) is 0. The minimum absolute atomic E-state index is 1.15. The van der Waals surface area contributed by atoms with Gasteiger partial charge in [-0.15, -0.1) is 0 Å². The summed E-state index contributed by atoms with van der Waals surface area (Å²) in [4.78, 5) is 0. The normalized spacial score (nSPS) is 11.4. The summed E-state index contributed by atoms with van der Waals surface area (Å²) in [6, 6.07) is 11.1. The molecule has 0 radical (unpaired) electrons. The van der Waals surface area contributed by atoms with Crippen LogP contribution >= 0.6 is 0 Å². The maximum absolute atomic E-state index is 2.44. The summed E-state index contributed by atoms with van der Waals surface area (Å²) >= 11 is 0. The SMILES string of the molecule is CCCCCCCCCCCCCCCCCC[n+]1ccc(C)c2ccccc21. The zero-order valence-corrected chi connectivity index (χ0v) is 19.4. The molecule has 0 aliphatic rings. The number of hydrogen-bond donors (Lipinski definition) is 0. The molecule has 1 heteroatoms. The third-order valence-electron chi connectivity index (χ3n) is 6.40. The molecule has 1 nitrogen and oxygen atoms in total. The molecule has 1 heterocycles. The second-order valence-corrected chi connectivity index (χ2v) is 9.01. The number of nitrogens with zero attached hydrogens (tertiary/aromatic N) is 1. The zero-order chi connectivity index (χ0) is 20.6. The lowest BCUT2D eigenvalue weighted by molar-refractivity contribution is -0.671. The monoisotopic (exact) mass is 396 g/mol. The minimum Gasteiger partial charge on any atom is -0.198 e. The molecule has 162 valence electrons. The Bertz CT molecular complexity index is 660. The lowest BCUT2D eigenvalue weighted by atomic mass is 10.0. The van der Waals surface area contributed by atoms with Crippen LogP contribution in [0.15, 0.2) is 36.5 Å². The van der Waals surface area contributed by atoms with Gasteiger partial charge in [-0.2, -0.15) is 4.57 Å². The van der Waals surface area contributed by atoms with Crippen molar-refractivity contribution in [3.8, 4) is 0 Å². The lowest BCUT2D eigenvalue weighted by Crippen LogP contribution is -2.34. The van der Waals surface area contributed by atoms with Gasteiger partial charge >= 0.3 is 0 Å². The molecular formula is C28H46N+. The molecule has 0 saturated carbocycles. The van der Waals surface area contributed by atoms with Gasteiger partial charge in [-0.05, 0) is 25.0 Å². The fraction of sp³-hybridized carbons (Fsp3) is 0.679. The number of para-hydroxylation sites is 1. The summed E-state index contributed by atoms with van der Waals surface area (Å²) in [6.45, 7) is 5.66. The van der Waals surface area contributed by atoms with Crippen LogP contribution in [0.4, 0.5) is 0 Å². The standard InChI is InChI=1S/C28H46N/c1-3-4-5-6-7-8-9-10-11-12-13-14-15-16-17-20-24-29-25-23-26(2)27-21-18-19-22-28(27)29/h18-19,21-23,25H,3-17,20,24H2,1-2H3/q+1. The van der Waals surface area contributed by atoms with Gasteiger partial charge in [0.1, 0.15) is 6.54 Å². The Labute approximate surface area is 180 Å². The van der Waals surface area contributed by atoms with E-state index < -0.39 is 0 Å². The second kappa shape index (κ2) is 15.5. The van der Waals surface area contributed by atoms with Crippen molar-refractivity contribution in [3.05, 3.63) is 42.1 Å². The third-order valence-corrected chi connectivity index (χ3v) is 6.40. The van der Waals surface area contributed by atoms with E-state index in [0.717, 1.165) is 6.54 Å². The topological polar surface area (TPSA) is 3.88 Å². The lowest BCUT2D eigenvalue weighted by Gasteiger charge is -2.05. The number of aromatic nitrogens is 1. The Hall–Kier alpha value is -1.37. The molecule has 0 amide bonds. The molecule has 0 bridgehead atoms. The molecule has 0 atom stereocenters. The van der Waals surface area contributed by atoms with E-state index in [-0.39, 0.29) is 0 Å². The molecule has 2 aromatic rings. The Balaban J connectivity index is 1.41. The maximum atomic E-state index is 2.44. The Morgan fingerprint density at radius 3 is 1.62 bits per heavy atom. The number of pyridine rings is 1. The number of rotatable bonds is 17. The average Bonchev–Trinajstić information content (AvgIpc) is 2.75. The molecule has 0 aliphatic carbocycles. The van der Waals surface area contributed by atoms with E-state index in [1.54, 1.807) is 0 Å². The summed E-state index contributed by atoms with van der Waals surface area (Å²) in [6.07, 6.45) is 25.2. The van der Waals surface area contributed by atoms with Crippen molar-refractivity contribution >= 4 is 10.9 Å². The molecule has 0 saturated heterocycles. The number of aryl methyl sites for hydroxylation is 2. The van der Waals surface area contributed by atoms with E-state index in [2.05, 4.69) is 54.9 Å². The smallest absolute Gasteiger partial charge is 0.198 e. The van der Waals surface area contributed by atoms with E-state index in [9.17, 15) is 0 Å². The highest BCUT2D eigenvalue weighted by Crippen LogP contribution is 2.15. The Morgan fingerprint density at radius 2 is 1.07 bits per heavy atom. The van der Waals surface area contributed by atoms with E-state index in [4.69, 9.17) is 0 Å². The van der Waals surface area contributed by atoms with Gasteiger partial charge in [0.05, 0.1) is 0 Å². The van der Waals surface area contributed by atoms with Gasteiger partial charge in [0.2, 0.25) is 5.52 Å². The molecule has 0 aliphatic heterocycles. The van der Waals surface area contributed by atoms with Crippen molar-refractivity contribution in [1.82, 2.24) is 0 Å². The number of unbranched alkanes of at least 4 members (excludes halogenated alkanes) is 15. The Kier molecular flexibility index (Phi) is 12.7. The van der Waals surface area contributed by atoms with Crippen LogP contribution in [0.2, 0.25) is 0 Å². The van der Waals surface area contributed by atoms with Crippen molar-refractivity contribution in [2.45, 2.75) is 123 Å². The first kappa shape index (κ1) is 23.9. The number of benzene rings is 1. The predicted molar refractivity (Wildman–Crippen MR) is 128 cm³/mol. The molecular weight excluding hydrogens is 350 g/mol. The van der Waals surface area contributed by atoms with Gasteiger partial charge < -0.3 is 0 Å². The van der Waals surface area contributed by atoms with Gasteiger partial charge in [0.15, 0.2) is 6.20 Å². The Morgan fingerprint density at radius 1 is 0.586 bits per heavy atom. The van der Waals surface area contributed by atoms with Gasteiger partial charge in [0.25, 0.3) is 0 Å². The van der Waals surface area contributed by atoms with E-state index >= 15 is 0 Å². The molecule has 0 fully saturated rings. The summed E-state index contributed by atoms with van der Waals surface area (Å²) in [5, 5.41) is 1.39. The van der Waals surface area contributed by atoms with E-state index in [1.165, 1.54) is 119 Å². The largest absolute Gasteiger partial charge is 0.212 e. The predicted octanol–water partition coefficient (Wildman–Crippen LogP) is 8.70. The molecule has 0 N–H and O–H groups in total. The molecule has 29 heavy (non-hydrogen) atoms. The molecule has 1 aromatic heterocycles. The quantitative estimate of drug-likeness (QED) is 0.186. The van der Waals surface area contributed by atoms with Gasteiger partial charge in [0, 0.05) is 23.9 Å². The molecule has 1 aromatic carbocycles. The van der Waals surface area contributed by atoms with Crippen LogP contribution in [-0.2, 0) is 6.54 Å². The fourth-order valence-corrected chi connectivity index (χ4v) is 4.45. The summed E-state index contributed by atoms with van der Waals surface area (Å²) in [5.74, 6) is 0. The minimum atomic E-state index is 1.15. The summed E-state index contributed by atoms with van der Waals surface area (Å²) < 4.78 is 2.44. The first-order valence-electron chi connectivity index (χ1n) is 12.7.